The zero-order valence-electron chi connectivity index (χ0n) is 5.63. The Morgan fingerprint density at radius 3 is 2.67 bits per heavy atom. The highest BCUT2D eigenvalue weighted by atomic mass is 16.5. The van der Waals surface area contributed by atoms with Gasteiger partial charge in [-0.25, -0.2) is 4.79 Å². The van der Waals surface area contributed by atoms with E-state index < -0.39 is 0 Å². The SMILES string of the molecule is C[C@@H]1C=CC(=O)O[C@@H]1C. The molecule has 1 aliphatic rings. The van der Waals surface area contributed by atoms with Crippen molar-refractivity contribution in [2.75, 3.05) is 0 Å². The molecule has 0 aliphatic carbocycles. The molecular formula is C7H10O2. The van der Waals surface area contributed by atoms with Crippen LogP contribution in [0, 0.1) is 5.92 Å². The van der Waals surface area contributed by atoms with Gasteiger partial charge < -0.3 is 4.74 Å². The molecular weight excluding hydrogens is 116 g/mol. The molecule has 0 bridgehead atoms. The molecule has 2 nitrogen and oxygen atoms in total. The minimum absolute atomic E-state index is 0.0440. The fraction of sp³-hybridized carbons (Fsp3) is 0.571. The van der Waals surface area contributed by atoms with Crippen LogP contribution in [0.3, 0.4) is 0 Å². The minimum Gasteiger partial charge on any atom is -0.459 e. The molecule has 0 saturated carbocycles. The molecule has 0 N–H and O–H groups in total. The van der Waals surface area contributed by atoms with Crippen molar-refractivity contribution in [3.8, 4) is 0 Å². The van der Waals surface area contributed by atoms with Crippen LogP contribution in [0.5, 0.6) is 0 Å². The van der Waals surface area contributed by atoms with Crippen LogP contribution < -0.4 is 0 Å². The van der Waals surface area contributed by atoms with Gasteiger partial charge in [-0.05, 0) is 6.92 Å². The van der Waals surface area contributed by atoms with Gasteiger partial charge in [-0.1, -0.05) is 13.0 Å². The number of ether oxygens (including phenoxy) is 1. The van der Waals surface area contributed by atoms with Crippen molar-refractivity contribution in [3.05, 3.63) is 12.2 Å². The quantitative estimate of drug-likeness (QED) is 0.455. The molecule has 1 aliphatic heterocycles. The van der Waals surface area contributed by atoms with Crippen LogP contribution >= 0.6 is 0 Å². The van der Waals surface area contributed by atoms with Gasteiger partial charge in [0.1, 0.15) is 6.10 Å². The van der Waals surface area contributed by atoms with E-state index in [1.165, 1.54) is 6.08 Å². The molecule has 9 heavy (non-hydrogen) atoms. The van der Waals surface area contributed by atoms with Gasteiger partial charge in [0, 0.05) is 12.0 Å². The Morgan fingerprint density at radius 2 is 2.22 bits per heavy atom. The van der Waals surface area contributed by atoms with E-state index in [-0.39, 0.29) is 12.1 Å². The Morgan fingerprint density at radius 1 is 1.56 bits per heavy atom. The number of esters is 1. The van der Waals surface area contributed by atoms with Gasteiger partial charge in [-0.2, -0.15) is 0 Å². The molecule has 50 valence electrons. The van der Waals surface area contributed by atoms with Crippen LogP contribution in [0.2, 0.25) is 0 Å². The largest absolute Gasteiger partial charge is 0.459 e. The first-order valence-corrected chi connectivity index (χ1v) is 3.09. The van der Waals surface area contributed by atoms with E-state index in [1.54, 1.807) is 0 Å². The molecule has 1 rings (SSSR count). The number of carbonyl (C=O) groups is 1. The first-order valence-electron chi connectivity index (χ1n) is 3.09. The molecule has 2 atom stereocenters. The van der Waals surface area contributed by atoms with Crippen molar-refractivity contribution in [2.24, 2.45) is 5.92 Å². The highest BCUT2D eigenvalue weighted by Crippen LogP contribution is 2.13. The predicted octanol–water partition coefficient (Wildman–Crippen LogP) is 1.12. The van der Waals surface area contributed by atoms with Gasteiger partial charge >= 0.3 is 5.97 Å². The molecule has 0 spiro atoms. The Balaban J connectivity index is 2.65. The standard InChI is InChI=1S/C7H10O2/c1-5-3-4-7(8)9-6(5)2/h3-6H,1-2H3/t5-,6-/m1/s1. The van der Waals surface area contributed by atoms with E-state index in [4.69, 9.17) is 4.74 Å². The lowest BCUT2D eigenvalue weighted by atomic mass is 10.0. The van der Waals surface area contributed by atoms with Gasteiger partial charge in [0.25, 0.3) is 0 Å². The number of hydrogen-bond acceptors (Lipinski definition) is 2. The third kappa shape index (κ3) is 1.31. The molecule has 0 unspecified atom stereocenters. The molecule has 0 radical (unpaired) electrons. The van der Waals surface area contributed by atoms with Gasteiger partial charge in [-0.15, -0.1) is 0 Å². The Bertz CT molecular complexity index is 149. The lowest BCUT2D eigenvalue weighted by molar-refractivity contribution is -0.145. The third-order valence-corrected chi connectivity index (χ3v) is 1.58. The summed E-state index contributed by atoms with van der Waals surface area (Å²) in [5.41, 5.74) is 0. The summed E-state index contributed by atoms with van der Waals surface area (Å²) in [6, 6.07) is 0. The first kappa shape index (κ1) is 6.33. The van der Waals surface area contributed by atoms with E-state index in [0.29, 0.717) is 5.92 Å². The van der Waals surface area contributed by atoms with Crippen molar-refractivity contribution in [2.45, 2.75) is 20.0 Å². The summed E-state index contributed by atoms with van der Waals surface area (Å²) in [5.74, 6) is 0.142. The molecule has 0 aromatic rings. The van der Waals surface area contributed by atoms with Gasteiger partial charge in [0.05, 0.1) is 0 Å². The van der Waals surface area contributed by atoms with E-state index in [9.17, 15) is 4.79 Å². The van der Waals surface area contributed by atoms with Crippen molar-refractivity contribution >= 4 is 5.97 Å². The third-order valence-electron chi connectivity index (χ3n) is 1.58. The average Bonchev–Trinajstić information content (AvgIpc) is 1.80. The summed E-state index contributed by atoms with van der Waals surface area (Å²) in [7, 11) is 0. The van der Waals surface area contributed by atoms with E-state index in [2.05, 4.69) is 0 Å². The van der Waals surface area contributed by atoms with Crippen LogP contribution in [0.15, 0.2) is 12.2 Å². The topological polar surface area (TPSA) is 26.3 Å². The maximum Gasteiger partial charge on any atom is 0.330 e. The summed E-state index contributed by atoms with van der Waals surface area (Å²) in [5, 5.41) is 0. The van der Waals surface area contributed by atoms with Crippen molar-refractivity contribution in [3.63, 3.8) is 0 Å². The highest BCUT2D eigenvalue weighted by molar-refractivity contribution is 5.82. The van der Waals surface area contributed by atoms with Crippen molar-refractivity contribution in [1.29, 1.82) is 0 Å². The number of cyclic esters (lactones) is 1. The summed E-state index contributed by atoms with van der Waals surface area (Å²) < 4.78 is 4.87. The molecule has 0 aromatic heterocycles. The van der Waals surface area contributed by atoms with Gasteiger partial charge in [-0.3, -0.25) is 0 Å². The first-order chi connectivity index (χ1) is 4.20. The Hall–Kier alpha value is -0.790. The lowest BCUT2D eigenvalue weighted by Crippen LogP contribution is -2.23. The molecule has 0 fully saturated rings. The predicted molar refractivity (Wildman–Crippen MR) is 33.9 cm³/mol. The summed E-state index contributed by atoms with van der Waals surface area (Å²) in [6.45, 7) is 3.92. The fourth-order valence-corrected chi connectivity index (χ4v) is 0.717. The lowest BCUT2D eigenvalue weighted by Gasteiger charge is -2.19. The maximum absolute atomic E-state index is 10.5. The number of hydrogen-bond donors (Lipinski definition) is 0. The highest BCUT2D eigenvalue weighted by Gasteiger charge is 2.17. The minimum atomic E-state index is -0.222. The van der Waals surface area contributed by atoms with Crippen LogP contribution in [-0.4, -0.2) is 12.1 Å². The molecule has 0 saturated heterocycles. The molecule has 2 heteroatoms. The molecule has 1 heterocycles. The maximum atomic E-state index is 10.5. The zero-order valence-corrected chi connectivity index (χ0v) is 5.63. The average molecular weight is 126 g/mol. The number of rotatable bonds is 0. The summed E-state index contributed by atoms with van der Waals surface area (Å²) in [6.07, 6.45) is 3.39. The second-order valence-electron chi connectivity index (χ2n) is 2.36. The van der Waals surface area contributed by atoms with Gasteiger partial charge in [0.2, 0.25) is 0 Å². The summed E-state index contributed by atoms with van der Waals surface area (Å²) >= 11 is 0. The molecule has 0 amide bonds. The fourth-order valence-electron chi connectivity index (χ4n) is 0.717. The molecule has 0 aromatic carbocycles. The van der Waals surface area contributed by atoms with Crippen molar-refractivity contribution in [1.82, 2.24) is 0 Å². The van der Waals surface area contributed by atoms with Crippen LogP contribution in [0.25, 0.3) is 0 Å². The smallest absolute Gasteiger partial charge is 0.330 e. The van der Waals surface area contributed by atoms with Gasteiger partial charge in [0.15, 0.2) is 0 Å². The normalized spacial score (nSPS) is 34.2. The van der Waals surface area contributed by atoms with Crippen LogP contribution in [0.4, 0.5) is 0 Å². The van der Waals surface area contributed by atoms with Crippen LogP contribution in [-0.2, 0) is 9.53 Å². The van der Waals surface area contributed by atoms with E-state index in [0.717, 1.165) is 0 Å². The van der Waals surface area contributed by atoms with Crippen molar-refractivity contribution < 1.29 is 9.53 Å². The Labute approximate surface area is 54.5 Å². The zero-order chi connectivity index (χ0) is 6.85. The Kier molecular flexibility index (Phi) is 1.56. The second-order valence-corrected chi connectivity index (χ2v) is 2.36. The monoisotopic (exact) mass is 126 g/mol. The second kappa shape index (κ2) is 2.21. The summed E-state index contributed by atoms with van der Waals surface area (Å²) in [4.78, 5) is 10.5. The van der Waals surface area contributed by atoms with E-state index >= 15 is 0 Å². The van der Waals surface area contributed by atoms with Crippen LogP contribution in [0.1, 0.15) is 13.8 Å². The number of carbonyl (C=O) groups excluding carboxylic acids is 1. The van der Waals surface area contributed by atoms with E-state index in [1.807, 2.05) is 19.9 Å².